The van der Waals surface area contributed by atoms with Crippen LogP contribution in [-0.2, 0) is 10.0 Å². The van der Waals surface area contributed by atoms with Gasteiger partial charge in [0.1, 0.15) is 0 Å². The quantitative estimate of drug-likeness (QED) is 0.645. The molecule has 0 saturated carbocycles. The van der Waals surface area contributed by atoms with Crippen molar-refractivity contribution >= 4 is 21.4 Å². The summed E-state index contributed by atoms with van der Waals surface area (Å²) in [6.45, 7) is 3.15. The molecule has 4 nitrogen and oxygen atoms in total. The second kappa shape index (κ2) is 8.84. The fourth-order valence-corrected chi connectivity index (χ4v) is 2.60. The first-order valence-electron chi connectivity index (χ1n) is 7.33. The Morgan fingerprint density at radius 1 is 1.00 bits per heavy atom. The van der Waals surface area contributed by atoms with E-state index in [1.54, 1.807) is 6.07 Å². The Morgan fingerprint density at radius 2 is 1.65 bits per heavy atom. The van der Waals surface area contributed by atoms with Crippen molar-refractivity contribution in [3.05, 3.63) is 24.3 Å². The van der Waals surface area contributed by atoms with Gasteiger partial charge in [0, 0.05) is 12.2 Å². The Morgan fingerprint density at radius 3 is 2.35 bits per heavy atom. The third-order valence-corrected chi connectivity index (χ3v) is 3.63. The topological polar surface area (TPSA) is 58.2 Å². The van der Waals surface area contributed by atoms with Crippen LogP contribution in [0.1, 0.15) is 45.4 Å². The highest BCUT2D eigenvalue weighted by molar-refractivity contribution is 7.92. The van der Waals surface area contributed by atoms with Gasteiger partial charge in [-0.15, -0.1) is 0 Å². The van der Waals surface area contributed by atoms with E-state index >= 15 is 0 Å². The van der Waals surface area contributed by atoms with Crippen LogP contribution in [0.25, 0.3) is 0 Å². The molecule has 0 amide bonds. The molecule has 2 N–H and O–H groups in total. The lowest BCUT2D eigenvalue weighted by molar-refractivity contribution is 0.607. The summed E-state index contributed by atoms with van der Waals surface area (Å²) in [5.74, 6) is 0. The maximum absolute atomic E-state index is 11.2. The van der Waals surface area contributed by atoms with Crippen LogP contribution in [0, 0.1) is 0 Å². The lowest BCUT2D eigenvalue weighted by atomic mass is 10.1. The second-order valence-corrected chi connectivity index (χ2v) is 6.90. The lowest BCUT2D eigenvalue weighted by Gasteiger charge is -2.09. The maximum atomic E-state index is 11.2. The molecule has 1 aromatic carbocycles. The minimum Gasteiger partial charge on any atom is -0.385 e. The van der Waals surface area contributed by atoms with Gasteiger partial charge < -0.3 is 5.32 Å². The van der Waals surface area contributed by atoms with Crippen LogP contribution in [0.5, 0.6) is 0 Å². The molecule has 0 radical (unpaired) electrons. The zero-order chi connectivity index (χ0) is 14.8. The SMILES string of the molecule is CCCCCCCCNc1cccc(NS(C)(=O)=O)c1. The molecule has 0 saturated heterocycles. The van der Waals surface area contributed by atoms with Crippen LogP contribution in [0.3, 0.4) is 0 Å². The molecular weight excluding hydrogens is 272 g/mol. The van der Waals surface area contributed by atoms with E-state index in [0.29, 0.717) is 5.69 Å². The average Bonchev–Trinajstić information content (AvgIpc) is 2.36. The van der Waals surface area contributed by atoms with Gasteiger partial charge in [-0.1, -0.05) is 45.1 Å². The third-order valence-electron chi connectivity index (χ3n) is 3.03. The molecule has 5 heteroatoms. The number of rotatable bonds is 10. The van der Waals surface area contributed by atoms with Gasteiger partial charge in [0.25, 0.3) is 0 Å². The van der Waals surface area contributed by atoms with Crippen molar-refractivity contribution in [2.45, 2.75) is 45.4 Å². The van der Waals surface area contributed by atoms with E-state index in [4.69, 9.17) is 0 Å². The smallest absolute Gasteiger partial charge is 0.229 e. The first-order valence-corrected chi connectivity index (χ1v) is 9.22. The van der Waals surface area contributed by atoms with Crippen molar-refractivity contribution in [3.63, 3.8) is 0 Å². The minimum atomic E-state index is -3.21. The molecule has 0 heterocycles. The normalized spacial score (nSPS) is 11.3. The summed E-state index contributed by atoms with van der Waals surface area (Å²) in [4.78, 5) is 0. The Hall–Kier alpha value is -1.23. The van der Waals surface area contributed by atoms with Gasteiger partial charge in [0.2, 0.25) is 10.0 Å². The van der Waals surface area contributed by atoms with Crippen LogP contribution in [-0.4, -0.2) is 21.2 Å². The van der Waals surface area contributed by atoms with Gasteiger partial charge in [-0.2, -0.15) is 0 Å². The van der Waals surface area contributed by atoms with Crippen molar-refractivity contribution in [2.75, 3.05) is 22.8 Å². The van der Waals surface area contributed by atoms with Crippen LogP contribution in [0.2, 0.25) is 0 Å². The van der Waals surface area contributed by atoms with Gasteiger partial charge in [0.05, 0.1) is 11.9 Å². The summed E-state index contributed by atoms with van der Waals surface area (Å²) >= 11 is 0. The molecule has 0 unspecified atom stereocenters. The van der Waals surface area contributed by atoms with E-state index in [0.717, 1.165) is 24.9 Å². The van der Waals surface area contributed by atoms with Crippen molar-refractivity contribution in [1.29, 1.82) is 0 Å². The second-order valence-electron chi connectivity index (χ2n) is 5.15. The van der Waals surface area contributed by atoms with E-state index in [9.17, 15) is 8.42 Å². The zero-order valence-corrected chi connectivity index (χ0v) is 13.3. The van der Waals surface area contributed by atoms with Crippen LogP contribution in [0.15, 0.2) is 24.3 Å². The summed E-state index contributed by atoms with van der Waals surface area (Å²) in [6.07, 6.45) is 8.77. The molecule has 0 aliphatic heterocycles. The van der Waals surface area contributed by atoms with Crippen molar-refractivity contribution in [3.8, 4) is 0 Å². The highest BCUT2D eigenvalue weighted by atomic mass is 32.2. The van der Waals surface area contributed by atoms with Gasteiger partial charge >= 0.3 is 0 Å². The predicted octanol–water partition coefficient (Wildman–Crippen LogP) is 3.83. The summed E-state index contributed by atoms with van der Waals surface area (Å²) in [5, 5.41) is 3.33. The van der Waals surface area contributed by atoms with Crippen LogP contribution >= 0.6 is 0 Å². The molecule has 0 aliphatic rings. The monoisotopic (exact) mass is 298 g/mol. The molecular formula is C15H26N2O2S. The van der Waals surface area contributed by atoms with Crippen molar-refractivity contribution in [1.82, 2.24) is 0 Å². The average molecular weight is 298 g/mol. The van der Waals surface area contributed by atoms with Crippen molar-refractivity contribution in [2.24, 2.45) is 0 Å². The number of benzene rings is 1. The highest BCUT2D eigenvalue weighted by Crippen LogP contribution is 2.16. The molecule has 0 aromatic heterocycles. The number of hydrogen-bond donors (Lipinski definition) is 2. The molecule has 1 rings (SSSR count). The standard InChI is InChI=1S/C15H26N2O2S/c1-3-4-5-6-7-8-12-16-14-10-9-11-15(13-14)17-20(2,18)19/h9-11,13,16-17H,3-8,12H2,1-2H3. The van der Waals surface area contributed by atoms with Crippen LogP contribution < -0.4 is 10.0 Å². The number of nitrogens with one attached hydrogen (secondary N) is 2. The molecule has 20 heavy (non-hydrogen) atoms. The molecule has 0 fully saturated rings. The van der Waals surface area contributed by atoms with E-state index in [1.807, 2.05) is 18.2 Å². The molecule has 114 valence electrons. The van der Waals surface area contributed by atoms with Crippen LogP contribution in [0.4, 0.5) is 11.4 Å². The summed E-state index contributed by atoms with van der Waals surface area (Å²) in [5.41, 5.74) is 1.55. The molecule has 0 spiro atoms. The van der Waals surface area contributed by atoms with E-state index in [-0.39, 0.29) is 0 Å². The number of unbranched alkanes of at least 4 members (excludes halogenated alkanes) is 5. The van der Waals surface area contributed by atoms with Crippen molar-refractivity contribution < 1.29 is 8.42 Å². The summed E-state index contributed by atoms with van der Waals surface area (Å²) in [7, 11) is -3.21. The fraction of sp³-hybridized carbons (Fsp3) is 0.600. The Labute approximate surface area is 123 Å². The lowest BCUT2D eigenvalue weighted by Crippen LogP contribution is -2.10. The largest absolute Gasteiger partial charge is 0.385 e. The molecule has 0 bridgehead atoms. The van der Waals surface area contributed by atoms with E-state index in [1.165, 1.54) is 32.1 Å². The maximum Gasteiger partial charge on any atom is 0.229 e. The number of anilines is 2. The number of sulfonamides is 1. The third kappa shape index (κ3) is 8.04. The first kappa shape index (κ1) is 16.8. The first-order chi connectivity index (χ1) is 9.51. The van der Waals surface area contributed by atoms with Gasteiger partial charge in [0.15, 0.2) is 0 Å². The van der Waals surface area contributed by atoms with E-state index < -0.39 is 10.0 Å². The Bertz CT molecular complexity index is 486. The molecule has 1 aromatic rings. The fourth-order valence-electron chi connectivity index (χ4n) is 2.04. The minimum absolute atomic E-state index is 0.598. The van der Waals surface area contributed by atoms with Gasteiger partial charge in [-0.05, 0) is 24.6 Å². The highest BCUT2D eigenvalue weighted by Gasteiger charge is 2.02. The molecule has 0 aliphatic carbocycles. The van der Waals surface area contributed by atoms with E-state index in [2.05, 4.69) is 17.0 Å². The summed E-state index contributed by atoms with van der Waals surface area (Å²) in [6, 6.07) is 7.36. The Balaban J connectivity index is 2.28. The Kier molecular flexibility index (Phi) is 7.44. The molecule has 0 atom stereocenters. The number of hydrogen-bond acceptors (Lipinski definition) is 3. The summed E-state index contributed by atoms with van der Waals surface area (Å²) < 4.78 is 24.8. The van der Waals surface area contributed by atoms with Gasteiger partial charge in [-0.3, -0.25) is 4.72 Å². The predicted molar refractivity (Wildman–Crippen MR) is 86.8 cm³/mol. The zero-order valence-electron chi connectivity index (χ0n) is 12.5. The van der Waals surface area contributed by atoms with Gasteiger partial charge in [-0.25, -0.2) is 8.42 Å².